The van der Waals surface area contributed by atoms with Crippen molar-refractivity contribution in [3.05, 3.63) is 64.7 Å². The highest BCUT2D eigenvalue weighted by atomic mass is 19.4. The van der Waals surface area contributed by atoms with E-state index in [1.54, 1.807) is 12.1 Å². The summed E-state index contributed by atoms with van der Waals surface area (Å²) in [6, 6.07) is 10.0. The zero-order valence-electron chi connectivity index (χ0n) is 13.3. The van der Waals surface area contributed by atoms with Crippen molar-refractivity contribution < 1.29 is 22.7 Å². The molecule has 0 radical (unpaired) electrons. The van der Waals surface area contributed by atoms with E-state index in [1.165, 1.54) is 18.3 Å². The third kappa shape index (κ3) is 3.81. The topological polar surface area (TPSA) is 50.7 Å². The zero-order chi connectivity index (χ0) is 18.0. The summed E-state index contributed by atoms with van der Waals surface area (Å²) >= 11 is 0. The molecule has 0 aromatic heterocycles. The molecule has 1 atom stereocenters. The number of ether oxygens (including phenoxy) is 1. The summed E-state index contributed by atoms with van der Waals surface area (Å²) in [5.41, 5.74) is 2.43. The average molecular weight is 348 g/mol. The van der Waals surface area contributed by atoms with Crippen molar-refractivity contribution in [2.45, 2.75) is 25.6 Å². The standard InChI is InChI=1S/C18H15F3N2O2/c1-11-8-13-9-12(6-7-16(13)25-11)10-22-23-17(24)14-4-2-3-5-15(14)18(19,20)21/h2-7,9-11H,8H2,1H3,(H,23,24)/b22-10+/t11-/m0/s1. The molecule has 0 unspecified atom stereocenters. The van der Waals surface area contributed by atoms with Gasteiger partial charge in [0.1, 0.15) is 11.9 Å². The number of carbonyl (C=O) groups excluding carboxylic acids is 1. The van der Waals surface area contributed by atoms with Crippen LogP contribution in [0.25, 0.3) is 0 Å². The Morgan fingerprint density at radius 3 is 2.80 bits per heavy atom. The number of carbonyl (C=O) groups is 1. The Hall–Kier alpha value is -2.83. The first-order valence-electron chi connectivity index (χ1n) is 7.64. The van der Waals surface area contributed by atoms with Crippen LogP contribution < -0.4 is 10.2 Å². The molecule has 0 spiro atoms. The first-order chi connectivity index (χ1) is 11.8. The maximum Gasteiger partial charge on any atom is 0.417 e. The van der Waals surface area contributed by atoms with E-state index in [9.17, 15) is 18.0 Å². The van der Waals surface area contributed by atoms with Gasteiger partial charge in [-0.2, -0.15) is 18.3 Å². The number of benzene rings is 2. The van der Waals surface area contributed by atoms with Gasteiger partial charge in [-0.1, -0.05) is 12.1 Å². The SMILES string of the molecule is C[C@H]1Cc2cc(/C=N/NC(=O)c3ccccc3C(F)(F)F)ccc2O1. The summed E-state index contributed by atoms with van der Waals surface area (Å²) in [4.78, 5) is 12.0. The summed E-state index contributed by atoms with van der Waals surface area (Å²) in [7, 11) is 0. The maximum absolute atomic E-state index is 12.9. The minimum Gasteiger partial charge on any atom is -0.490 e. The van der Waals surface area contributed by atoms with Crippen LogP contribution in [0.1, 0.15) is 34.0 Å². The Bertz CT molecular complexity index is 831. The van der Waals surface area contributed by atoms with Crippen molar-refractivity contribution in [1.82, 2.24) is 5.43 Å². The Balaban J connectivity index is 1.71. The molecule has 0 fully saturated rings. The smallest absolute Gasteiger partial charge is 0.417 e. The number of hydrogen-bond donors (Lipinski definition) is 1. The molecule has 25 heavy (non-hydrogen) atoms. The van der Waals surface area contributed by atoms with Gasteiger partial charge in [0.15, 0.2) is 0 Å². The predicted octanol–water partition coefficient (Wildman–Crippen LogP) is 3.79. The molecule has 1 aliphatic rings. The fraction of sp³-hybridized carbons (Fsp3) is 0.222. The molecular formula is C18H15F3N2O2. The Morgan fingerprint density at radius 2 is 2.04 bits per heavy atom. The molecule has 2 aromatic rings. The lowest BCUT2D eigenvalue weighted by molar-refractivity contribution is -0.137. The lowest BCUT2D eigenvalue weighted by Gasteiger charge is -2.10. The number of fused-ring (bicyclic) bond motifs is 1. The Kier molecular flexibility index (Phi) is 4.48. The Labute approximate surface area is 142 Å². The molecule has 130 valence electrons. The molecule has 7 heteroatoms. The summed E-state index contributed by atoms with van der Waals surface area (Å²) in [5.74, 6) is -0.102. The first-order valence-corrected chi connectivity index (χ1v) is 7.64. The van der Waals surface area contributed by atoms with Gasteiger partial charge >= 0.3 is 6.18 Å². The molecular weight excluding hydrogens is 333 g/mol. The highest BCUT2D eigenvalue weighted by Crippen LogP contribution is 2.32. The molecule has 2 aromatic carbocycles. The minimum atomic E-state index is -4.60. The van der Waals surface area contributed by atoms with Gasteiger partial charge < -0.3 is 4.74 Å². The van der Waals surface area contributed by atoms with E-state index in [-0.39, 0.29) is 6.10 Å². The summed E-state index contributed by atoms with van der Waals surface area (Å²) in [5, 5.41) is 3.75. The van der Waals surface area contributed by atoms with Crippen molar-refractivity contribution in [3.8, 4) is 5.75 Å². The number of nitrogens with one attached hydrogen (secondary N) is 1. The van der Waals surface area contributed by atoms with Gasteiger partial charge in [-0.15, -0.1) is 0 Å². The molecule has 1 aliphatic heterocycles. The highest BCUT2D eigenvalue weighted by molar-refractivity contribution is 5.96. The van der Waals surface area contributed by atoms with Crippen LogP contribution in [0.5, 0.6) is 5.75 Å². The number of amides is 1. The summed E-state index contributed by atoms with van der Waals surface area (Å²) in [6.07, 6.45) is -2.32. The van der Waals surface area contributed by atoms with Crippen LogP contribution >= 0.6 is 0 Å². The third-order valence-corrected chi connectivity index (χ3v) is 3.78. The van der Waals surface area contributed by atoms with Crippen LogP contribution in [0.2, 0.25) is 0 Å². The van der Waals surface area contributed by atoms with Gasteiger partial charge in [-0.3, -0.25) is 4.79 Å². The van der Waals surface area contributed by atoms with Crippen LogP contribution in [-0.2, 0) is 12.6 Å². The number of hydrazone groups is 1. The van der Waals surface area contributed by atoms with Crippen molar-refractivity contribution in [1.29, 1.82) is 0 Å². The van der Waals surface area contributed by atoms with Crippen LogP contribution in [0.4, 0.5) is 13.2 Å². The monoisotopic (exact) mass is 348 g/mol. The van der Waals surface area contributed by atoms with E-state index in [0.717, 1.165) is 35.4 Å². The van der Waals surface area contributed by atoms with Gasteiger partial charge in [0, 0.05) is 6.42 Å². The van der Waals surface area contributed by atoms with Gasteiger partial charge in [-0.05, 0) is 48.4 Å². The van der Waals surface area contributed by atoms with Gasteiger partial charge in [0.05, 0.1) is 17.3 Å². The fourth-order valence-electron chi connectivity index (χ4n) is 2.68. The number of halogens is 3. The Morgan fingerprint density at radius 1 is 1.28 bits per heavy atom. The van der Waals surface area contributed by atoms with E-state index in [1.807, 2.05) is 13.0 Å². The van der Waals surface area contributed by atoms with Crippen LogP contribution in [0.3, 0.4) is 0 Å². The molecule has 0 saturated heterocycles. The molecule has 3 rings (SSSR count). The van der Waals surface area contributed by atoms with Gasteiger partial charge in [-0.25, -0.2) is 5.43 Å². The van der Waals surface area contributed by atoms with E-state index in [4.69, 9.17) is 4.74 Å². The second-order valence-corrected chi connectivity index (χ2v) is 5.74. The molecule has 1 heterocycles. The van der Waals surface area contributed by atoms with Crippen molar-refractivity contribution in [2.75, 3.05) is 0 Å². The summed E-state index contributed by atoms with van der Waals surface area (Å²) in [6.45, 7) is 1.96. The minimum absolute atomic E-state index is 0.112. The molecule has 1 N–H and O–H groups in total. The maximum atomic E-state index is 12.9. The van der Waals surface area contributed by atoms with Crippen LogP contribution in [0.15, 0.2) is 47.6 Å². The molecule has 0 aliphatic carbocycles. The number of rotatable bonds is 3. The normalized spacial score (nSPS) is 16.6. The largest absolute Gasteiger partial charge is 0.490 e. The van der Waals surface area contributed by atoms with Crippen molar-refractivity contribution in [2.24, 2.45) is 5.10 Å². The lowest BCUT2D eigenvalue weighted by atomic mass is 10.1. The van der Waals surface area contributed by atoms with E-state index < -0.39 is 23.2 Å². The first kappa shape index (κ1) is 17.0. The van der Waals surface area contributed by atoms with E-state index >= 15 is 0 Å². The quantitative estimate of drug-likeness (QED) is 0.678. The van der Waals surface area contributed by atoms with Crippen molar-refractivity contribution in [3.63, 3.8) is 0 Å². The predicted molar refractivity (Wildman–Crippen MR) is 86.7 cm³/mol. The second-order valence-electron chi connectivity index (χ2n) is 5.74. The third-order valence-electron chi connectivity index (χ3n) is 3.78. The van der Waals surface area contributed by atoms with E-state index in [0.29, 0.717) is 0 Å². The average Bonchev–Trinajstić information content (AvgIpc) is 2.93. The number of alkyl halides is 3. The van der Waals surface area contributed by atoms with Crippen LogP contribution in [-0.4, -0.2) is 18.2 Å². The molecule has 1 amide bonds. The van der Waals surface area contributed by atoms with Crippen LogP contribution in [0, 0.1) is 0 Å². The lowest BCUT2D eigenvalue weighted by Crippen LogP contribution is -2.22. The summed E-state index contributed by atoms with van der Waals surface area (Å²) < 4.78 is 44.4. The number of hydrogen-bond acceptors (Lipinski definition) is 3. The molecule has 4 nitrogen and oxygen atoms in total. The van der Waals surface area contributed by atoms with Gasteiger partial charge in [0.2, 0.25) is 0 Å². The van der Waals surface area contributed by atoms with Gasteiger partial charge in [0.25, 0.3) is 5.91 Å². The number of nitrogens with zero attached hydrogens (tertiary/aromatic N) is 1. The second kappa shape index (κ2) is 6.58. The fourth-order valence-corrected chi connectivity index (χ4v) is 2.68. The van der Waals surface area contributed by atoms with Crippen molar-refractivity contribution >= 4 is 12.1 Å². The van der Waals surface area contributed by atoms with E-state index in [2.05, 4.69) is 10.5 Å². The molecule has 0 bridgehead atoms. The molecule has 0 saturated carbocycles. The zero-order valence-corrected chi connectivity index (χ0v) is 13.3. The highest BCUT2D eigenvalue weighted by Gasteiger charge is 2.34.